The third-order valence-corrected chi connectivity index (χ3v) is 2.52. The smallest absolute Gasteiger partial charge is 0.0171 e. The van der Waals surface area contributed by atoms with Crippen molar-refractivity contribution in [1.29, 1.82) is 0 Å². The molecule has 0 aliphatic carbocycles. The molecule has 1 heteroatoms. The molecule has 0 rings (SSSR count). The first-order valence-electron chi connectivity index (χ1n) is 6.12. The van der Waals surface area contributed by atoms with E-state index in [0.717, 1.165) is 13.0 Å². The van der Waals surface area contributed by atoms with E-state index in [1.165, 1.54) is 25.0 Å². The van der Waals surface area contributed by atoms with E-state index >= 15 is 0 Å². The van der Waals surface area contributed by atoms with Gasteiger partial charge in [0, 0.05) is 19.3 Å². The molecule has 0 heterocycles. The van der Waals surface area contributed by atoms with Gasteiger partial charge in [0.25, 0.3) is 0 Å². The molecule has 0 unspecified atom stereocenters. The zero-order valence-corrected chi connectivity index (χ0v) is 11.0. The summed E-state index contributed by atoms with van der Waals surface area (Å²) in [5.41, 5.74) is 4.40. The summed E-state index contributed by atoms with van der Waals surface area (Å²) < 4.78 is 0. The van der Waals surface area contributed by atoms with Gasteiger partial charge in [0.05, 0.1) is 0 Å². The fourth-order valence-corrected chi connectivity index (χ4v) is 1.29. The van der Waals surface area contributed by atoms with Crippen LogP contribution >= 0.6 is 0 Å². The number of hydrogen-bond acceptors (Lipinski definition) is 1. The SMILES string of the molecule is C=CCC=C=C/C=C(\C)N(C)CCCCC. The van der Waals surface area contributed by atoms with E-state index in [0.29, 0.717) is 0 Å². The van der Waals surface area contributed by atoms with Gasteiger partial charge in [-0.2, -0.15) is 0 Å². The van der Waals surface area contributed by atoms with Crippen molar-refractivity contribution in [3.8, 4) is 0 Å². The topological polar surface area (TPSA) is 3.24 Å². The van der Waals surface area contributed by atoms with Crippen molar-refractivity contribution < 1.29 is 0 Å². The van der Waals surface area contributed by atoms with Crippen LogP contribution in [-0.4, -0.2) is 18.5 Å². The standard InChI is InChI=1S/C15H25N/c1-5-7-9-10-11-13-15(3)16(4)14-12-8-6-2/h5,9,11,13H,1,6-8,12,14H2,2-4H3/b15-13+. The summed E-state index contributed by atoms with van der Waals surface area (Å²) in [6, 6.07) is 0. The van der Waals surface area contributed by atoms with Crippen LogP contribution in [0.15, 0.2) is 42.3 Å². The van der Waals surface area contributed by atoms with Crippen molar-refractivity contribution in [2.45, 2.75) is 39.5 Å². The minimum absolute atomic E-state index is 0.885. The molecule has 0 N–H and O–H groups in total. The second-order valence-corrected chi connectivity index (χ2v) is 4.00. The normalized spacial score (nSPS) is 10.6. The molecule has 0 spiro atoms. The van der Waals surface area contributed by atoms with Crippen LogP contribution in [0.2, 0.25) is 0 Å². The highest BCUT2D eigenvalue weighted by Crippen LogP contribution is 2.03. The molecule has 0 amide bonds. The van der Waals surface area contributed by atoms with E-state index in [1.807, 2.05) is 18.2 Å². The average molecular weight is 219 g/mol. The molecule has 0 atom stereocenters. The van der Waals surface area contributed by atoms with E-state index in [9.17, 15) is 0 Å². The molecule has 0 aliphatic rings. The number of nitrogens with zero attached hydrogens (tertiary/aromatic N) is 1. The Kier molecular flexibility index (Phi) is 9.55. The summed E-state index contributed by atoms with van der Waals surface area (Å²) in [6.07, 6.45) is 12.7. The molecular formula is C15H25N. The Hall–Kier alpha value is -1.20. The van der Waals surface area contributed by atoms with Gasteiger partial charge >= 0.3 is 0 Å². The highest BCUT2D eigenvalue weighted by molar-refractivity contribution is 5.09. The van der Waals surface area contributed by atoms with Gasteiger partial charge in [-0.25, -0.2) is 0 Å². The van der Waals surface area contributed by atoms with Crippen LogP contribution in [-0.2, 0) is 0 Å². The maximum Gasteiger partial charge on any atom is 0.0171 e. The Balaban J connectivity index is 4.00. The first kappa shape index (κ1) is 14.8. The van der Waals surface area contributed by atoms with Crippen molar-refractivity contribution in [2.24, 2.45) is 0 Å². The van der Waals surface area contributed by atoms with Crippen LogP contribution in [0.4, 0.5) is 0 Å². The van der Waals surface area contributed by atoms with Crippen molar-refractivity contribution in [3.05, 3.63) is 42.3 Å². The van der Waals surface area contributed by atoms with E-state index < -0.39 is 0 Å². The predicted octanol–water partition coefficient (Wildman–Crippen LogP) is 4.30. The highest BCUT2D eigenvalue weighted by atomic mass is 15.1. The van der Waals surface area contributed by atoms with Crippen LogP contribution in [0.3, 0.4) is 0 Å². The van der Waals surface area contributed by atoms with Gasteiger partial charge in [-0.1, -0.05) is 25.8 Å². The summed E-state index contributed by atoms with van der Waals surface area (Å²) >= 11 is 0. The van der Waals surface area contributed by atoms with Gasteiger partial charge in [0.15, 0.2) is 0 Å². The third kappa shape index (κ3) is 8.14. The lowest BCUT2D eigenvalue weighted by Crippen LogP contribution is -2.17. The Morgan fingerprint density at radius 3 is 2.75 bits per heavy atom. The molecule has 90 valence electrons. The van der Waals surface area contributed by atoms with Crippen LogP contribution in [0, 0.1) is 0 Å². The lowest BCUT2D eigenvalue weighted by atomic mass is 10.2. The number of rotatable bonds is 8. The summed E-state index contributed by atoms with van der Waals surface area (Å²) in [5.74, 6) is 0. The largest absolute Gasteiger partial charge is 0.378 e. The molecular weight excluding hydrogens is 194 g/mol. The maximum atomic E-state index is 3.65. The third-order valence-electron chi connectivity index (χ3n) is 2.52. The van der Waals surface area contributed by atoms with E-state index in [4.69, 9.17) is 0 Å². The van der Waals surface area contributed by atoms with Crippen LogP contribution in [0.1, 0.15) is 39.5 Å². The molecule has 0 aromatic rings. The second kappa shape index (κ2) is 10.3. The fourth-order valence-electron chi connectivity index (χ4n) is 1.29. The van der Waals surface area contributed by atoms with Gasteiger partial charge in [0.2, 0.25) is 0 Å². The molecule has 0 aromatic heterocycles. The monoisotopic (exact) mass is 219 g/mol. The minimum Gasteiger partial charge on any atom is -0.378 e. The molecule has 0 saturated carbocycles. The first-order valence-corrected chi connectivity index (χ1v) is 6.12. The second-order valence-electron chi connectivity index (χ2n) is 4.00. The fraction of sp³-hybridized carbons (Fsp3) is 0.533. The lowest BCUT2D eigenvalue weighted by Gasteiger charge is -2.19. The Bertz CT molecular complexity index is 267. The van der Waals surface area contributed by atoms with Crippen LogP contribution < -0.4 is 0 Å². The summed E-state index contributed by atoms with van der Waals surface area (Å²) in [5, 5.41) is 0. The van der Waals surface area contributed by atoms with Gasteiger partial charge in [-0.05, 0) is 38.0 Å². The Morgan fingerprint density at radius 2 is 2.12 bits per heavy atom. The molecule has 0 radical (unpaired) electrons. The summed E-state index contributed by atoms with van der Waals surface area (Å²) in [6.45, 7) is 9.16. The van der Waals surface area contributed by atoms with Crippen LogP contribution in [0.5, 0.6) is 0 Å². The van der Waals surface area contributed by atoms with Gasteiger partial charge in [0.1, 0.15) is 0 Å². The van der Waals surface area contributed by atoms with E-state index in [2.05, 4.69) is 44.2 Å². The van der Waals surface area contributed by atoms with E-state index in [-0.39, 0.29) is 0 Å². The van der Waals surface area contributed by atoms with Crippen molar-refractivity contribution >= 4 is 0 Å². The van der Waals surface area contributed by atoms with Gasteiger partial charge < -0.3 is 4.90 Å². The molecule has 0 aliphatic heterocycles. The van der Waals surface area contributed by atoms with Gasteiger partial charge in [-0.15, -0.1) is 12.3 Å². The zero-order chi connectivity index (χ0) is 12.2. The molecule has 1 nitrogen and oxygen atoms in total. The number of allylic oxidation sites excluding steroid dienone is 4. The van der Waals surface area contributed by atoms with Gasteiger partial charge in [-0.3, -0.25) is 0 Å². The summed E-state index contributed by atoms with van der Waals surface area (Å²) in [7, 11) is 2.14. The van der Waals surface area contributed by atoms with Crippen LogP contribution in [0.25, 0.3) is 0 Å². The van der Waals surface area contributed by atoms with Crippen molar-refractivity contribution in [3.63, 3.8) is 0 Å². The van der Waals surface area contributed by atoms with Crippen molar-refractivity contribution in [1.82, 2.24) is 4.90 Å². The van der Waals surface area contributed by atoms with Crippen molar-refractivity contribution in [2.75, 3.05) is 13.6 Å². The predicted molar refractivity (Wildman–Crippen MR) is 73.4 cm³/mol. The molecule has 0 aromatic carbocycles. The Labute approximate surface area is 101 Å². The lowest BCUT2D eigenvalue weighted by molar-refractivity contribution is 0.402. The number of unbranched alkanes of at least 4 members (excludes halogenated alkanes) is 2. The highest BCUT2D eigenvalue weighted by Gasteiger charge is 1.96. The molecule has 0 fully saturated rings. The average Bonchev–Trinajstić information content (AvgIpc) is 2.28. The molecule has 16 heavy (non-hydrogen) atoms. The maximum absolute atomic E-state index is 3.65. The van der Waals surface area contributed by atoms with E-state index in [1.54, 1.807) is 0 Å². The molecule has 0 bridgehead atoms. The zero-order valence-electron chi connectivity index (χ0n) is 11.0. The Morgan fingerprint density at radius 1 is 1.38 bits per heavy atom. The first-order chi connectivity index (χ1) is 7.72. The minimum atomic E-state index is 0.885. The summed E-state index contributed by atoms with van der Waals surface area (Å²) in [4.78, 5) is 2.29. The molecule has 0 saturated heterocycles. The quantitative estimate of drug-likeness (QED) is 0.255. The number of hydrogen-bond donors (Lipinski definition) is 0.